The van der Waals surface area contributed by atoms with Gasteiger partial charge in [0, 0.05) is 5.56 Å². The minimum Gasteiger partial charge on any atom is -0.508 e. The average molecular weight is 334 g/mol. The summed E-state index contributed by atoms with van der Waals surface area (Å²) in [5.74, 6) is -3.90. The Morgan fingerprint density at radius 2 is 1.33 bits per heavy atom. The van der Waals surface area contributed by atoms with E-state index in [1.165, 1.54) is 24.3 Å². The second-order valence-electron chi connectivity index (χ2n) is 4.92. The second kappa shape index (κ2) is 6.47. The molecule has 8 heteroatoms. The minimum atomic E-state index is -2.66. The summed E-state index contributed by atoms with van der Waals surface area (Å²) in [6.45, 7) is 0. The topological polar surface area (TPSA) is 145 Å². The van der Waals surface area contributed by atoms with Gasteiger partial charge < -0.3 is 30.3 Å². The SMILES string of the molecule is O=C(O)C(O)C(Oc1ccc(O)cc1)(C(=O)O)c1ccc(O)cc1. The lowest BCUT2D eigenvalue weighted by molar-refractivity contribution is -0.180. The highest BCUT2D eigenvalue weighted by Gasteiger charge is 2.53. The van der Waals surface area contributed by atoms with Gasteiger partial charge in [-0.3, -0.25) is 0 Å². The van der Waals surface area contributed by atoms with E-state index in [4.69, 9.17) is 9.84 Å². The second-order valence-corrected chi connectivity index (χ2v) is 4.92. The van der Waals surface area contributed by atoms with E-state index in [0.29, 0.717) is 0 Å². The predicted octanol–water partition coefficient (Wildman–Crippen LogP) is 0.902. The van der Waals surface area contributed by atoms with Crippen LogP contribution in [0.2, 0.25) is 0 Å². The lowest BCUT2D eigenvalue weighted by Crippen LogP contribution is -2.54. The first-order chi connectivity index (χ1) is 11.3. The molecule has 0 bridgehead atoms. The molecule has 0 aromatic heterocycles. The molecule has 0 saturated heterocycles. The van der Waals surface area contributed by atoms with Crippen LogP contribution in [0.5, 0.6) is 17.2 Å². The van der Waals surface area contributed by atoms with E-state index >= 15 is 0 Å². The fourth-order valence-corrected chi connectivity index (χ4v) is 2.14. The Morgan fingerprint density at radius 3 is 1.75 bits per heavy atom. The van der Waals surface area contributed by atoms with Crippen molar-refractivity contribution in [2.75, 3.05) is 0 Å². The van der Waals surface area contributed by atoms with Crippen molar-refractivity contribution in [1.82, 2.24) is 0 Å². The number of aliphatic hydroxyl groups excluding tert-OH is 1. The molecule has 126 valence electrons. The number of rotatable bonds is 6. The molecule has 0 saturated carbocycles. The van der Waals surface area contributed by atoms with Crippen LogP contribution in [0.1, 0.15) is 5.56 Å². The van der Waals surface area contributed by atoms with E-state index in [-0.39, 0.29) is 22.8 Å². The van der Waals surface area contributed by atoms with Gasteiger partial charge >= 0.3 is 11.9 Å². The molecular weight excluding hydrogens is 320 g/mol. The number of hydrogen-bond acceptors (Lipinski definition) is 6. The van der Waals surface area contributed by atoms with Gasteiger partial charge in [-0.1, -0.05) is 12.1 Å². The average Bonchev–Trinajstić information content (AvgIpc) is 2.54. The number of carboxylic acid groups (broad SMARTS) is 2. The van der Waals surface area contributed by atoms with Gasteiger partial charge in [0.15, 0.2) is 0 Å². The Hall–Kier alpha value is -3.26. The van der Waals surface area contributed by atoms with Gasteiger partial charge in [0.05, 0.1) is 0 Å². The fraction of sp³-hybridized carbons (Fsp3) is 0.125. The Labute approximate surface area is 135 Å². The maximum absolute atomic E-state index is 11.9. The van der Waals surface area contributed by atoms with Crippen molar-refractivity contribution in [3.63, 3.8) is 0 Å². The summed E-state index contributed by atoms with van der Waals surface area (Å²) in [5, 5.41) is 47.4. The molecule has 24 heavy (non-hydrogen) atoms. The van der Waals surface area contributed by atoms with Crippen LogP contribution in [0, 0.1) is 0 Å². The Kier molecular flexibility index (Phi) is 4.61. The van der Waals surface area contributed by atoms with Gasteiger partial charge in [-0.2, -0.15) is 0 Å². The Balaban J connectivity index is 2.61. The van der Waals surface area contributed by atoms with Crippen molar-refractivity contribution >= 4 is 11.9 Å². The maximum Gasteiger partial charge on any atom is 0.356 e. The molecule has 2 aromatic carbocycles. The normalized spacial score (nSPS) is 14.4. The first kappa shape index (κ1) is 17.1. The number of hydrogen-bond donors (Lipinski definition) is 5. The highest BCUT2D eigenvalue weighted by molar-refractivity contribution is 5.89. The van der Waals surface area contributed by atoms with Crippen molar-refractivity contribution in [3.05, 3.63) is 54.1 Å². The van der Waals surface area contributed by atoms with Crippen molar-refractivity contribution in [2.24, 2.45) is 0 Å². The summed E-state index contributed by atoms with van der Waals surface area (Å²) in [6.07, 6.45) is -2.44. The molecule has 5 N–H and O–H groups in total. The van der Waals surface area contributed by atoms with E-state index in [1.54, 1.807) is 0 Å². The number of carbonyl (C=O) groups is 2. The first-order valence-corrected chi connectivity index (χ1v) is 6.69. The van der Waals surface area contributed by atoms with Crippen LogP contribution in [0.3, 0.4) is 0 Å². The zero-order valence-electron chi connectivity index (χ0n) is 12.2. The smallest absolute Gasteiger partial charge is 0.356 e. The molecule has 0 heterocycles. The molecule has 0 spiro atoms. The van der Waals surface area contributed by atoms with Crippen LogP contribution in [-0.4, -0.2) is 43.6 Å². The zero-order chi connectivity index (χ0) is 17.9. The molecule has 0 fully saturated rings. The summed E-state index contributed by atoms with van der Waals surface area (Å²) in [7, 11) is 0. The number of phenols is 2. The van der Waals surface area contributed by atoms with Crippen molar-refractivity contribution in [1.29, 1.82) is 0 Å². The predicted molar refractivity (Wildman–Crippen MR) is 79.8 cm³/mol. The Morgan fingerprint density at radius 1 is 0.875 bits per heavy atom. The molecular formula is C16H14O8. The number of ether oxygens (including phenoxy) is 1. The van der Waals surface area contributed by atoms with Gasteiger partial charge in [-0.15, -0.1) is 0 Å². The third-order valence-electron chi connectivity index (χ3n) is 3.35. The van der Waals surface area contributed by atoms with Gasteiger partial charge in [0.1, 0.15) is 17.2 Å². The summed E-state index contributed by atoms with van der Waals surface area (Å²) in [6, 6.07) is 9.43. The Bertz CT molecular complexity index is 738. The van der Waals surface area contributed by atoms with Crippen LogP contribution in [0.25, 0.3) is 0 Å². The number of benzene rings is 2. The lowest BCUT2D eigenvalue weighted by atomic mass is 9.87. The number of aliphatic hydroxyl groups is 1. The van der Waals surface area contributed by atoms with E-state index < -0.39 is 23.6 Å². The fourth-order valence-electron chi connectivity index (χ4n) is 2.14. The molecule has 2 unspecified atom stereocenters. The first-order valence-electron chi connectivity index (χ1n) is 6.69. The van der Waals surface area contributed by atoms with Crippen LogP contribution in [0.15, 0.2) is 48.5 Å². The van der Waals surface area contributed by atoms with E-state index in [9.17, 15) is 30.0 Å². The van der Waals surface area contributed by atoms with Gasteiger partial charge in [-0.05, 0) is 36.4 Å². The van der Waals surface area contributed by atoms with E-state index in [2.05, 4.69) is 0 Å². The molecule has 2 atom stereocenters. The quantitative estimate of drug-likeness (QED) is 0.524. The van der Waals surface area contributed by atoms with Crippen LogP contribution in [0.4, 0.5) is 0 Å². The molecule has 0 amide bonds. The molecule has 0 radical (unpaired) electrons. The summed E-state index contributed by atoms with van der Waals surface area (Å²) in [4.78, 5) is 23.1. The van der Waals surface area contributed by atoms with Crippen molar-refractivity contribution in [2.45, 2.75) is 11.7 Å². The summed E-state index contributed by atoms with van der Waals surface area (Å²) < 4.78 is 5.34. The monoisotopic (exact) mass is 334 g/mol. The van der Waals surface area contributed by atoms with Gasteiger partial charge in [0.2, 0.25) is 6.10 Å². The van der Waals surface area contributed by atoms with E-state index in [1.807, 2.05) is 0 Å². The van der Waals surface area contributed by atoms with Crippen LogP contribution < -0.4 is 4.74 Å². The molecule has 0 aliphatic rings. The van der Waals surface area contributed by atoms with Gasteiger partial charge in [0.25, 0.3) is 5.60 Å². The third kappa shape index (κ3) is 3.08. The van der Waals surface area contributed by atoms with Crippen LogP contribution >= 0.6 is 0 Å². The number of aromatic hydroxyl groups is 2. The number of aliphatic carboxylic acids is 2. The maximum atomic E-state index is 11.9. The van der Waals surface area contributed by atoms with E-state index in [0.717, 1.165) is 24.3 Å². The van der Waals surface area contributed by atoms with Gasteiger partial charge in [-0.25, -0.2) is 9.59 Å². The third-order valence-corrected chi connectivity index (χ3v) is 3.35. The largest absolute Gasteiger partial charge is 0.508 e. The minimum absolute atomic E-state index is 0.0800. The molecule has 2 rings (SSSR count). The summed E-state index contributed by atoms with van der Waals surface area (Å²) >= 11 is 0. The number of phenolic OH excluding ortho intramolecular Hbond substituents is 2. The lowest BCUT2D eigenvalue weighted by Gasteiger charge is -2.33. The van der Waals surface area contributed by atoms with Crippen molar-refractivity contribution in [3.8, 4) is 17.2 Å². The highest BCUT2D eigenvalue weighted by atomic mass is 16.5. The standard InChI is InChI=1S/C16H14O8/c17-10-3-1-9(2-4-10)16(15(22)23,13(19)14(20)21)24-12-7-5-11(18)6-8-12/h1-8,13,17-19H,(H,20,21)(H,22,23). The zero-order valence-corrected chi connectivity index (χ0v) is 12.2. The summed E-state index contributed by atoms with van der Waals surface area (Å²) in [5.41, 5.74) is -2.84. The molecule has 0 aliphatic heterocycles. The van der Waals surface area contributed by atoms with Crippen LogP contribution in [-0.2, 0) is 15.2 Å². The molecule has 8 nitrogen and oxygen atoms in total. The number of carboxylic acids is 2. The highest BCUT2D eigenvalue weighted by Crippen LogP contribution is 2.34. The molecule has 2 aromatic rings. The van der Waals surface area contributed by atoms with Crippen molar-refractivity contribution < 1.29 is 39.9 Å². The molecule has 0 aliphatic carbocycles.